The second-order valence-electron chi connectivity index (χ2n) is 7.02. The number of pyridine rings is 2. The highest BCUT2D eigenvalue weighted by molar-refractivity contribution is 7.10. The predicted molar refractivity (Wildman–Crippen MR) is 114 cm³/mol. The fourth-order valence-corrected chi connectivity index (χ4v) is 4.23. The van der Waals surface area contributed by atoms with E-state index in [0.29, 0.717) is 5.56 Å². The van der Waals surface area contributed by atoms with Gasteiger partial charge in [0.15, 0.2) is 0 Å². The average Bonchev–Trinajstić information content (AvgIpc) is 3.26. The highest BCUT2D eigenvalue weighted by atomic mass is 32.1. The molecule has 0 spiro atoms. The van der Waals surface area contributed by atoms with Crippen molar-refractivity contribution >= 4 is 28.1 Å². The largest absolute Gasteiger partial charge is 0.344 e. The lowest BCUT2D eigenvalue weighted by molar-refractivity contribution is 0.0928. The molecule has 4 nitrogen and oxygen atoms in total. The third-order valence-corrected chi connectivity index (χ3v) is 5.68. The van der Waals surface area contributed by atoms with Gasteiger partial charge in [-0.3, -0.25) is 9.78 Å². The molecule has 0 aliphatic rings. The highest BCUT2D eigenvalue weighted by Crippen LogP contribution is 2.28. The molecule has 4 aromatic rings. The van der Waals surface area contributed by atoms with Gasteiger partial charge in [-0.05, 0) is 41.6 Å². The van der Waals surface area contributed by atoms with Crippen molar-refractivity contribution in [3.8, 4) is 11.3 Å². The number of thiophene rings is 1. The van der Waals surface area contributed by atoms with Crippen LogP contribution < -0.4 is 5.32 Å². The van der Waals surface area contributed by atoms with Crippen molar-refractivity contribution in [3.63, 3.8) is 0 Å². The van der Waals surface area contributed by atoms with E-state index in [2.05, 4.69) is 30.2 Å². The smallest absolute Gasteiger partial charge is 0.252 e. The number of para-hydroxylation sites is 1. The summed E-state index contributed by atoms with van der Waals surface area (Å²) in [5, 5.41) is 6.12. The summed E-state index contributed by atoms with van der Waals surface area (Å²) in [5.74, 6) is 0.198. The normalized spacial score (nSPS) is 12.2. The number of benzene rings is 1. The maximum absolute atomic E-state index is 13.3. The number of aromatic nitrogens is 2. The molecule has 0 saturated heterocycles. The van der Waals surface area contributed by atoms with Crippen molar-refractivity contribution in [1.82, 2.24) is 15.3 Å². The molecule has 1 N–H and O–H groups in total. The molecule has 28 heavy (non-hydrogen) atoms. The molecule has 5 heteroatoms. The van der Waals surface area contributed by atoms with E-state index in [0.717, 1.165) is 27.0 Å². The number of amides is 1. The molecule has 0 unspecified atom stereocenters. The molecule has 1 atom stereocenters. The fourth-order valence-electron chi connectivity index (χ4n) is 3.28. The van der Waals surface area contributed by atoms with Gasteiger partial charge in [-0.1, -0.05) is 38.1 Å². The van der Waals surface area contributed by atoms with Crippen LogP contribution in [-0.2, 0) is 0 Å². The van der Waals surface area contributed by atoms with Gasteiger partial charge in [0.2, 0.25) is 0 Å². The Bertz CT molecular complexity index is 1090. The van der Waals surface area contributed by atoms with E-state index >= 15 is 0 Å². The van der Waals surface area contributed by atoms with Gasteiger partial charge in [-0.15, -0.1) is 11.3 Å². The van der Waals surface area contributed by atoms with Gasteiger partial charge in [0.1, 0.15) is 0 Å². The van der Waals surface area contributed by atoms with Gasteiger partial charge in [0.05, 0.1) is 22.8 Å². The summed E-state index contributed by atoms with van der Waals surface area (Å²) in [5.41, 5.74) is 3.06. The van der Waals surface area contributed by atoms with Crippen LogP contribution >= 0.6 is 11.3 Å². The first-order valence-corrected chi connectivity index (χ1v) is 10.2. The highest BCUT2D eigenvalue weighted by Gasteiger charge is 2.22. The SMILES string of the molecule is CC(C)[C@@H](NC(=O)c1cc(-c2cccnc2)nc2ccccc12)c1cccs1. The van der Waals surface area contributed by atoms with Gasteiger partial charge in [0, 0.05) is 28.2 Å². The van der Waals surface area contributed by atoms with E-state index in [1.165, 1.54) is 0 Å². The van der Waals surface area contributed by atoms with Gasteiger partial charge >= 0.3 is 0 Å². The van der Waals surface area contributed by atoms with Crippen LogP contribution in [0.25, 0.3) is 22.2 Å². The molecule has 0 bridgehead atoms. The zero-order chi connectivity index (χ0) is 19.5. The lowest BCUT2D eigenvalue weighted by Crippen LogP contribution is -2.31. The molecular formula is C23H21N3OS. The van der Waals surface area contributed by atoms with E-state index in [4.69, 9.17) is 4.98 Å². The van der Waals surface area contributed by atoms with Crippen molar-refractivity contribution < 1.29 is 4.79 Å². The van der Waals surface area contributed by atoms with Crippen LogP contribution in [0, 0.1) is 5.92 Å². The molecule has 3 aromatic heterocycles. The molecule has 1 amide bonds. The number of hydrogen-bond donors (Lipinski definition) is 1. The summed E-state index contributed by atoms with van der Waals surface area (Å²) in [6, 6.07) is 17.5. The van der Waals surface area contributed by atoms with Crippen LogP contribution in [0.5, 0.6) is 0 Å². The third-order valence-electron chi connectivity index (χ3n) is 4.72. The number of carbonyl (C=O) groups excluding carboxylic acids is 1. The second-order valence-corrected chi connectivity index (χ2v) is 8.00. The van der Waals surface area contributed by atoms with Crippen LogP contribution in [0.1, 0.15) is 35.1 Å². The first-order chi connectivity index (χ1) is 13.6. The van der Waals surface area contributed by atoms with E-state index in [1.807, 2.05) is 53.9 Å². The van der Waals surface area contributed by atoms with Crippen molar-refractivity contribution in [1.29, 1.82) is 0 Å². The van der Waals surface area contributed by atoms with Crippen molar-refractivity contribution in [2.45, 2.75) is 19.9 Å². The summed E-state index contributed by atoms with van der Waals surface area (Å²) in [7, 11) is 0. The second kappa shape index (κ2) is 7.90. The first kappa shape index (κ1) is 18.3. The molecule has 0 aliphatic carbocycles. The summed E-state index contributed by atoms with van der Waals surface area (Å²) in [6.45, 7) is 4.24. The predicted octanol–water partition coefficient (Wildman–Crippen LogP) is 5.49. The van der Waals surface area contributed by atoms with Crippen LogP contribution in [0.4, 0.5) is 0 Å². The number of nitrogens with one attached hydrogen (secondary N) is 1. The topological polar surface area (TPSA) is 54.9 Å². The van der Waals surface area contributed by atoms with E-state index in [1.54, 1.807) is 23.7 Å². The Hall–Kier alpha value is -3.05. The summed E-state index contributed by atoms with van der Waals surface area (Å²) >= 11 is 1.66. The molecule has 140 valence electrons. The lowest BCUT2D eigenvalue weighted by Gasteiger charge is -2.22. The molecule has 4 rings (SSSR count). The molecule has 1 aromatic carbocycles. The van der Waals surface area contributed by atoms with Crippen molar-refractivity contribution in [3.05, 3.63) is 82.8 Å². The summed E-state index contributed by atoms with van der Waals surface area (Å²) < 4.78 is 0. The Morgan fingerprint density at radius 3 is 2.64 bits per heavy atom. The minimum Gasteiger partial charge on any atom is -0.344 e. The van der Waals surface area contributed by atoms with E-state index in [-0.39, 0.29) is 17.9 Å². The average molecular weight is 388 g/mol. The number of rotatable bonds is 5. The molecular weight excluding hydrogens is 366 g/mol. The molecule has 0 fully saturated rings. The standard InChI is InChI=1S/C23H21N3OS/c1-15(2)22(21-10-6-12-28-21)26-23(27)18-13-20(16-7-5-11-24-14-16)25-19-9-4-3-8-17(18)19/h3-15,22H,1-2H3,(H,26,27)/t22-/m1/s1. The van der Waals surface area contributed by atoms with Crippen LogP contribution in [-0.4, -0.2) is 15.9 Å². The number of carbonyl (C=O) groups is 1. The van der Waals surface area contributed by atoms with Crippen molar-refractivity contribution in [2.24, 2.45) is 5.92 Å². The Labute approximate surface area is 168 Å². The Morgan fingerprint density at radius 2 is 1.93 bits per heavy atom. The monoisotopic (exact) mass is 387 g/mol. The summed E-state index contributed by atoms with van der Waals surface area (Å²) in [6.07, 6.45) is 3.49. The maximum Gasteiger partial charge on any atom is 0.252 e. The minimum absolute atomic E-state index is 0.0266. The first-order valence-electron chi connectivity index (χ1n) is 9.28. The van der Waals surface area contributed by atoms with Gasteiger partial charge in [-0.2, -0.15) is 0 Å². The quantitative estimate of drug-likeness (QED) is 0.493. The van der Waals surface area contributed by atoms with E-state index < -0.39 is 0 Å². The number of nitrogens with zero attached hydrogens (tertiary/aromatic N) is 2. The molecule has 0 saturated carbocycles. The van der Waals surface area contributed by atoms with Gasteiger partial charge in [-0.25, -0.2) is 4.98 Å². The zero-order valence-electron chi connectivity index (χ0n) is 15.8. The molecule has 0 radical (unpaired) electrons. The number of fused-ring (bicyclic) bond motifs is 1. The molecule has 0 aliphatic heterocycles. The molecule has 3 heterocycles. The fraction of sp³-hybridized carbons (Fsp3) is 0.174. The van der Waals surface area contributed by atoms with Crippen LogP contribution in [0.2, 0.25) is 0 Å². The summed E-state index contributed by atoms with van der Waals surface area (Å²) in [4.78, 5) is 23.4. The lowest BCUT2D eigenvalue weighted by atomic mass is 10.0. The van der Waals surface area contributed by atoms with Crippen LogP contribution in [0.15, 0.2) is 72.4 Å². The van der Waals surface area contributed by atoms with E-state index in [9.17, 15) is 4.79 Å². The van der Waals surface area contributed by atoms with Crippen LogP contribution in [0.3, 0.4) is 0 Å². The minimum atomic E-state index is -0.0872. The Balaban J connectivity index is 1.77. The third kappa shape index (κ3) is 3.66. The van der Waals surface area contributed by atoms with Gasteiger partial charge in [0.25, 0.3) is 5.91 Å². The Kier molecular flexibility index (Phi) is 5.17. The zero-order valence-corrected chi connectivity index (χ0v) is 16.6. The van der Waals surface area contributed by atoms with Gasteiger partial charge < -0.3 is 5.32 Å². The number of hydrogen-bond acceptors (Lipinski definition) is 4. The van der Waals surface area contributed by atoms with Crippen molar-refractivity contribution in [2.75, 3.05) is 0 Å². The Morgan fingerprint density at radius 1 is 1.07 bits per heavy atom. The maximum atomic E-state index is 13.3.